The lowest BCUT2D eigenvalue weighted by molar-refractivity contribution is 0.668. The van der Waals surface area contributed by atoms with Gasteiger partial charge in [0, 0.05) is 149 Å². The third-order valence-electron chi connectivity index (χ3n) is 30.2. The predicted octanol–water partition coefficient (Wildman–Crippen LogP) is 37.2. The summed E-state index contributed by atoms with van der Waals surface area (Å²) < 4.78 is 33.3. The summed E-state index contributed by atoms with van der Waals surface area (Å²) in [5.74, 6) is 0. The van der Waals surface area contributed by atoms with E-state index < -0.39 is 0 Å². The smallest absolute Gasteiger partial charge is 0.137 e. The minimum Gasteiger partial charge on any atom is -0.456 e. The molecule has 32 aromatic rings. The van der Waals surface area contributed by atoms with Crippen LogP contribution in [0.4, 0.5) is 0 Å². The second kappa shape index (κ2) is 32.6. The fourth-order valence-corrected chi connectivity index (χ4v) is 23.5. The molecule has 9 heteroatoms. The van der Waals surface area contributed by atoms with E-state index in [2.05, 4.69) is 501 Å². The molecule has 0 fully saturated rings. The molecule has 0 radical (unpaired) electrons. The zero-order chi connectivity index (χ0) is 95.0. The summed E-state index contributed by atoms with van der Waals surface area (Å²) in [7, 11) is 0. The summed E-state index contributed by atoms with van der Waals surface area (Å²) in [6, 6.07) is 184. The van der Waals surface area contributed by atoms with Crippen LogP contribution in [0.3, 0.4) is 0 Å². The molecule has 0 aliphatic rings. The molecule has 676 valence electrons. The lowest BCUT2D eigenvalue weighted by atomic mass is 10.0. The molecule has 32 rings (SSSR count). The average molecular weight is 1850 g/mol. The number of para-hydroxylation sites is 10. The van der Waals surface area contributed by atoms with Gasteiger partial charge in [0.25, 0.3) is 0 Å². The average Bonchev–Trinajstić information content (AvgIpc) is 1.57. The molecule has 145 heavy (non-hydrogen) atoms. The molecule has 0 spiro atoms. The van der Waals surface area contributed by atoms with Crippen molar-refractivity contribution in [3.05, 3.63) is 510 Å². The van der Waals surface area contributed by atoms with E-state index in [0.717, 1.165) is 88.6 Å². The molecular formula is C136H84N6O3. The van der Waals surface area contributed by atoms with Gasteiger partial charge in [-0.2, -0.15) is 0 Å². The number of aromatic nitrogens is 6. The van der Waals surface area contributed by atoms with Crippen LogP contribution in [0.2, 0.25) is 0 Å². The van der Waals surface area contributed by atoms with E-state index in [4.69, 9.17) is 13.3 Å². The van der Waals surface area contributed by atoms with Crippen molar-refractivity contribution in [2.24, 2.45) is 0 Å². The zero-order valence-electron chi connectivity index (χ0n) is 78.4. The van der Waals surface area contributed by atoms with Gasteiger partial charge < -0.3 is 40.7 Å². The van der Waals surface area contributed by atoms with Gasteiger partial charge in [-0.25, -0.2) is 0 Å². The first-order chi connectivity index (χ1) is 71.9. The molecule has 9 heterocycles. The summed E-state index contributed by atoms with van der Waals surface area (Å²) in [4.78, 5) is 0. The molecule has 0 N–H and O–H groups in total. The molecule has 9 aromatic heterocycles. The maximum absolute atomic E-state index is 6.33. The van der Waals surface area contributed by atoms with Crippen LogP contribution >= 0.6 is 0 Å². The van der Waals surface area contributed by atoms with E-state index in [1.54, 1.807) is 0 Å². The molecule has 0 saturated heterocycles. The summed E-state index contributed by atoms with van der Waals surface area (Å²) >= 11 is 0. The summed E-state index contributed by atoms with van der Waals surface area (Å²) in [6.07, 6.45) is 0. The first-order valence-corrected chi connectivity index (χ1v) is 49.6. The number of rotatable bonds is 10. The van der Waals surface area contributed by atoms with E-state index >= 15 is 0 Å². The topological polar surface area (TPSA) is 69.0 Å². The Balaban J connectivity index is 0.000000101. The van der Waals surface area contributed by atoms with Gasteiger partial charge in [-0.15, -0.1) is 0 Å². The van der Waals surface area contributed by atoms with Crippen LogP contribution in [0.15, 0.2) is 523 Å². The fraction of sp³-hybridized carbons (Fsp3) is 0. The monoisotopic (exact) mass is 1850 g/mol. The van der Waals surface area contributed by atoms with Gasteiger partial charge in [0.1, 0.15) is 33.5 Å². The lowest BCUT2D eigenvalue weighted by Crippen LogP contribution is -1.95. The SMILES string of the molecule is c1ccc(-c2ccc(-n3c4ccccc4c4cc(-c5ccc6c7ccccc7n(-c7ccc8c(c7)oc7ccccc78)c6c5)ccc43)cc2)cc1.c1ccc(-n2c3ccccc3c3cc(-c4ccc5c6ccccc6n(-c6ccc7c(c6)oc6ccccc67)c5c4)ccc32)cc1.c1ccc2c(-n3c4ccccc4c4cc(-c5ccc6c7ccccc7n(-c7ccc8c(c7)oc7ccccc78)c6c5)ccc43)cccc2c1. The third kappa shape index (κ3) is 13.0. The Hall–Kier alpha value is -19.5. The highest BCUT2D eigenvalue weighted by Crippen LogP contribution is 2.47. The van der Waals surface area contributed by atoms with Crippen molar-refractivity contribution in [2.45, 2.75) is 0 Å². The maximum atomic E-state index is 6.33. The number of hydrogen-bond donors (Lipinski definition) is 0. The number of benzene rings is 23. The van der Waals surface area contributed by atoms with Crippen LogP contribution in [0.25, 0.3) is 286 Å². The number of fused-ring (bicyclic) bond motifs is 28. The summed E-state index contributed by atoms with van der Waals surface area (Å²) in [6.45, 7) is 0. The zero-order valence-corrected chi connectivity index (χ0v) is 78.4. The number of furan rings is 3. The first-order valence-electron chi connectivity index (χ1n) is 49.6. The van der Waals surface area contributed by atoms with Gasteiger partial charge in [0.2, 0.25) is 0 Å². The molecular weight excluding hydrogens is 1770 g/mol. The number of nitrogens with zero attached hydrogens (tertiary/aromatic N) is 6. The quantitative estimate of drug-likeness (QED) is 0.137. The molecule has 0 aliphatic heterocycles. The fourth-order valence-electron chi connectivity index (χ4n) is 23.5. The Kier molecular flexibility index (Phi) is 18.3. The Labute approximate surface area is 830 Å². The van der Waals surface area contributed by atoms with Gasteiger partial charge in [-0.1, -0.05) is 315 Å². The van der Waals surface area contributed by atoms with Crippen LogP contribution in [-0.4, -0.2) is 27.4 Å². The van der Waals surface area contributed by atoms with Gasteiger partial charge in [0.15, 0.2) is 0 Å². The molecule has 0 saturated carbocycles. The Morgan fingerprint density at radius 1 is 0.110 bits per heavy atom. The first kappa shape index (κ1) is 81.5. The lowest BCUT2D eigenvalue weighted by Gasteiger charge is -2.12. The van der Waals surface area contributed by atoms with Crippen molar-refractivity contribution >= 4 is 207 Å². The van der Waals surface area contributed by atoms with Crippen molar-refractivity contribution in [3.63, 3.8) is 0 Å². The van der Waals surface area contributed by atoms with Crippen molar-refractivity contribution in [1.82, 2.24) is 27.4 Å². The maximum Gasteiger partial charge on any atom is 0.137 e. The molecule has 0 bridgehead atoms. The second-order valence-corrected chi connectivity index (χ2v) is 38.1. The van der Waals surface area contributed by atoms with Crippen LogP contribution in [-0.2, 0) is 0 Å². The normalized spacial score (nSPS) is 12.0. The van der Waals surface area contributed by atoms with E-state index in [0.29, 0.717) is 0 Å². The highest BCUT2D eigenvalue weighted by atomic mass is 16.3. The summed E-state index contributed by atoms with van der Waals surface area (Å²) in [5.41, 5.74) is 36.1. The van der Waals surface area contributed by atoms with Gasteiger partial charge >= 0.3 is 0 Å². The van der Waals surface area contributed by atoms with E-state index in [1.165, 1.54) is 197 Å². The van der Waals surface area contributed by atoms with Crippen LogP contribution in [0.5, 0.6) is 0 Å². The van der Waals surface area contributed by atoms with Crippen LogP contribution in [0, 0.1) is 0 Å². The van der Waals surface area contributed by atoms with Gasteiger partial charge in [0.05, 0.1) is 71.9 Å². The summed E-state index contributed by atoms with van der Waals surface area (Å²) in [5, 5.41) is 24.2. The van der Waals surface area contributed by atoms with Crippen molar-refractivity contribution in [2.75, 3.05) is 0 Å². The van der Waals surface area contributed by atoms with Crippen LogP contribution < -0.4 is 0 Å². The number of hydrogen-bond acceptors (Lipinski definition) is 3. The molecule has 0 atom stereocenters. The van der Waals surface area contributed by atoms with Crippen LogP contribution in [0.1, 0.15) is 0 Å². The van der Waals surface area contributed by atoms with Crippen molar-refractivity contribution in [3.8, 4) is 78.6 Å². The minimum absolute atomic E-state index is 0.896. The largest absolute Gasteiger partial charge is 0.456 e. The standard InChI is InChI=1S/C48H30N2O.C46H28N2O.C42H26N2O/c1-2-10-31(11-3-1)32-18-22-35(23-19-32)49-44-16-8-5-13-38(44)42-28-33(21-27-45(42)49)34-20-25-39-37-12-4-7-15-43(37)50(46(39)29-34)36-24-26-41-40-14-6-9-17-47(40)51-48(41)30-36;1-2-12-33-29(10-1)11-9-18-40(33)48-42-17-7-4-14-35(42)39-26-30(21-25-43(39)48)31-20-23-36-34-13-3-6-16-41(34)47(44(36)27-31)32-22-24-38-37-15-5-8-19-45(37)49-46(38)28-32;1-2-10-29(11-3-1)43-38-16-8-5-13-32(38)36-24-27(19-23-39(36)43)28-18-21-33-31-12-4-7-15-37(31)44(40(33)25-28)30-20-22-35-34-14-6-9-17-41(34)45-42(35)26-30/h1-30H;1-28H;1-26H. The molecule has 0 amide bonds. The molecule has 0 aliphatic carbocycles. The highest BCUT2D eigenvalue weighted by molar-refractivity contribution is 6.19. The van der Waals surface area contributed by atoms with E-state index in [9.17, 15) is 0 Å². The van der Waals surface area contributed by atoms with Gasteiger partial charge in [-0.3, -0.25) is 0 Å². The van der Waals surface area contributed by atoms with Gasteiger partial charge in [-0.05, 0) is 226 Å². The Bertz CT molecular complexity index is 11000. The molecule has 0 unspecified atom stereocenters. The predicted molar refractivity (Wildman–Crippen MR) is 606 cm³/mol. The van der Waals surface area contributed by atoms with E-state index in [1.807, 2.05) is 36.4 Å². The Morgan fingerprint density at radius 2 is 0.345 bits per heavy atom. The highest BCUT2D eigenvalue weighted by Gasteiger charge is 2.25. The molecule has 9 nitrogen and oxygen atoms in total. The third-order valence-corrected chi connectivity index (χ3v) is 30.2. The van der Waals surface area contributed by atoms with E-state index in [-0.39, 0.29) is 0 Å². The van der Waals surface area contributed by atoms with Crippen molar-refractivity contribution in [1.29, 1.82) is 0 Å². The minimum atomic E-state index is 0.896. The second-order valence-electron chi connectivity index (χ2n) is 38.1. The Morgan fingerprint density at radius 3 is 0.731 bits per heavy atom. The van der Waals surface area contributed by atoms with Crippen molar-refractivity contribution < 1.29 is 13.3 Å². The molecule has 23 aromatic carbocycles.